The van der Waals surface area contributed by atoms with Crippen LogP contribution in [0.5, 0.6) is 0 Å². The van der Waals surface area contributed by atoms with E-state index in [1.807, 2.05) is 58.2 Å². The van der Waals surface area contributed by atoms with Crippen molar-refractivity contribution in [3.63, 3.8) is 0 Å². The number of nitrogens with zero attached hydrogens (tertiary/aromatic N) is 2. The molecule has 1 saturated heterocycles. The number of hydrogen-bond acceptors (Lipinski definition) is 6. The average Bonchev–Trinajstić information content (AvgIpc) is 3.42. The topological polar surface area (TPSA) is 127 Å². The molecule has 3 rings (SSSR count). The number of piperidine rings is 1. The van der Waals surface area contributed by atoms with Gasteiger partial charge in [0, 0.05) is 43.3 Å². The van der Waals surface area contributed by atoms with Crippen LogP contribution in [0.25, 0.3) is 10.9 Å². The minimum Gasteiger partial charge on any atom is -0.417 e. The van der Waals surface area contributed by atoms with Crippen molar-refractivity contribution in [2.75, 3.05) is 13.7 Å². The molecular formula is C36H54N4O6. The molecule has 2 heterocycles. The third-order valence-corrected chi connectivity index (χ3v) is 9.48. The Bertz CT molecular complexity index is 1350. The second-order valence-corrected chi connectivity index (χ2v) is 12.9. The van der Waals surface area contributed by atoms with Gasteiger partial charge >= 0.3 is 0 Å². The second-order valence-electron chi connectivity index (χ2n) is 12.9. The molecule has 46 heavy (non-hydrogen) atoms. The fourth-order valence-electron chi connectivity index (χ4n) is 6.27. The summed E-state index contributed by atoms with van der Waals surface area (Å²) >= 11 is 0. The Morgan fingerprint density at radius 3 is 2.39 bits per heavy atom. The molecule has 0 bridgehead atoms. The molecule has 10 nitrogen and oxygen atoms in total. The number of hydrogen-bond donors (Lipinski definition) is 2. The molecule has 254 valence electrons. The Kier molecular flexibility index (Phi) is 14.3. The normalized spacial score (nSPS) is 17.5. The summed E-state index contributed by atoms with van der Waals surface area (Å²) < 4.78 is 1.64. The summed E-state index contributed by atoms with van der Waals surface area (Å²) in [6.45, 7) is 9.60. The van der Waals surface area contributed by atoms with Crippen LogP contribution in [0.3, 0.4) is 0 Å². The second kappa shape index (κ2) is 17.9. The van der Waals surface area contributed by atoms with Crippen LogP contribution < -0.4 is 15.5 Å². The summed E-state index contributed by atoms with van der Waals surface area (Å²) in [6, 6.07) is 5.43. The zero-order chi connectivity index (χ0) is 33.8. The summed E-state index contributed by atoms with van der Waals surface area (Å²) in [7, 11) is 1.57. The van der Waals surface area contributed by atoms with E-state index in [9.17, 15) is 24.0 Å². The van der Waals surface area contributed by atoms with Crippen molar-refractivity contribution in [1.29, 1.82) is 0 Å². The van der Waals surface area contributed by atoms with Gasteiger partial charge in [0.1, 0.15) is 25.0 Å². The summed E-state index contributed by atoms with van der Waals surface area (Å²) in [4.78, 5) is 72.7. The number of carbonyl (C=O) groups is 5. The van der Waals surface area contributed by atoms with Crippen molar-refractivity contribution in [2.24, 2.45) is 11.8 Å². The predicted molar refractivity (Wildman–Crippen MR) is 179 cm³/mol. The SMILES string of the molecule is CCC(=O)CCCCC[C@H](C)C(=O)N[C@@H](Cc1cn(OC)c2ccccc12)C(=O)N[C@H](C(=O)N1CCCC[C@@H]1C(C)=O)C(C)CC. The first kappa shape index (κ1) is 36.8. The van der Waals surface area contributed by atoms with Crippen LogP contribution in [0.1, 0.15) is 104 Å². The van der Waals surface area contributed by atoms with Crippen LogP contribution in [-0.2, 0) is 30.4 Å². The van der Waals surface area contributed by atoms with Crippen LogP contribution in [-0.4, -0.2) is 70.7 Å². The number of carbonyl (C=O) groups excluding carboxylic acids is 5. The minimum absolute atomic E-state index is 0.0482. The van der Waals surface area contributed by atoms with E-state index < -0.39 is 24.0 Å². The number of fused-ring (bicyclic) bond motifs is 1. The monoisotopic (exact) mass is 638 g/mol. The van der Waals surface area contributed by atoms with Gasteiger partial charge in [0.2, 0.25) is 17.7 Å². The molecule has 0 spiro atoms. The highest BCUT2D eigenvalue weighted by Crippen LogP contribution is 2.24. The maximum atomic E-state index is 14.1. The molecule has 0 saturated carbocycles. The zero-order valence-corrected chi connectivity index (χ0v) is 28.6. The minimum atomic E-state index is -0.947. The summed E-state index contributed by atoms with van der Waals surface area (Å²) in [5.41, 5.74) is 1.67. The maximum absolute atomic E-state index is 14.1. The molecule has 0 radical (unpaired) electrons. The number of amides is 3. The first-order valence-electron chi connectivity index (χ1n) is 17.1. The fourth-order valence-corrected chi connectivity index (χ4v) is 6.27. The Morgan fingerprint density at radius 2 is 1.72 bits per heavy atom. The fraction of sp³-hybridized carbons (Fsp3) is 0.639. The highest BCUT2D eigenvalue weighted by molar-refractivity contribution is 5.95. The average molecular weight is 639 g/mol. The number of rotatable bonds is 18. The molecule has 1 unspecified atom stereocenters. The number of benzene rings is 1. The van der Waals surface area contributed by atoms with Gasteiger partial charge in [0.25, 0.3) is 0 Å². The standard InChI is InChI=1S/C36H54N4O6/c1-7-24(3)33(36(45)39-21-15-14-19-31(39)26(5)41)38-35(44)30(22-27-23-40(46-6)32-20-13-12-18-29(27)32)37-34(43)25(4)16-10-9-11-17-28(42)8-2/h12-13,18,20,23-25,30-31,33H,7-11,14-17,19,21-22H2,1-6H3,(H,37,43)(H,38,44)/t24?,25-,30-,31+,33-/m0/s1. The van der Waals surface area contributed by atoms with Crippen molar-refractivity contribution in [3.05, 3.63) is 36.0 Å². The van der Waals surface area contributed by atoms with Crippen molar-refractivity contribution < 1.29 is 28.8 Å². The van der Waals surface area contributed by atoms with E-state index in [0.29, 0.717) is 38.6 Å². The number of aromatic nitrogens is 1. The first-order valence-corrected chi connectivity index (χ1v) is 17.1. The van der Waals surface area contributed by atoms with Gasteiger partial charge in [-0.15, -0.1) is 0 Å². The van der Waals surface area contributed by atoms with E-state index in [1.165, 1.54) is 6.92 Å². The van der Waals surface area contributed by atoms with Gasteiger partial charge in [-0.2, -0.15) is 4.73 Å². The van der Waals surface area contributed by atoms with Gasteiger partial charge in [-0.05, 0) is 56.6 Å². The Balaban J connectivity index is 1.83. The molecule has 1 aliphatic rings. The van der Waals surface area contributed by atoms with E-state index >= 15 is 0 Å². The summed E-state index contributed by atoms with van der Waals surface area (Å²) in [5.74, 6) is -1.25. The molecule has 10 heteroatoms. The molecule has 1 fully saturated rings. The lowest BCUT2D eigenvalue weighted by Gasteiger charge is -2.38. The molecule has 1 aromatic heterocycles. The van der Waals surface area contributed by atoms with Crippen molar-refractivity contribution in [3.8, 4) is 0 Å². The van der Waals surface area contributed by atoms with Gasteiger partial charge in [0.05, 0.1) is 11.6 Å². The Labute approximate surface area is 273 Å². The molecule has 1 aromatic carbocycles. The largest absolute Gasteiger partial charge is 0.417 e. The van der Waals surface area contributed by atoms with E-state index in [0.717, 1.165) is 48.6 Å². The number of likely N-dealkylation sites (tertiary alicyclic amines) is 1. The van der Waals surface area contributed by atoms with E-state index in [1.54, 1.807) is 16.7 Å². The molecule has 2 N–H and O–H groups in total. The molecule has 3 amide bonds. The number of unbranched alkanes of at least 4 members (excludes halogenated alkanes) is 2. The summed E-state index contributed by atoms with van der Waals surface area (Å²) in [5, 5.41) is 6.91. The van der Waals surface area contributed by atoms with Crippen molar-refractivity contribution in [2.45, 2.75) is 123 Å². The van der Waals surface area contributed by atoms with Gasteiger partial charge in [0.15, 0.2) is 5.78 Å². The van der Waals surface area contributed by atoms with Gasteiger partial charge in [-0.25, -0.2) is 0 Å². The zero-order valence-electron chi connectivity index (χ0n) is 28.6. The Morgan fingerprint density at radius 1 is 0.978 bits per heavy atom. The van der Waals surface area contributed by atoms with Crippen LogP contribution >= 0.6 is 0 Å². The molecule has 1 aliphatic heterocycles. The van der Waals surface area contributed by atoms with Crippen LogP contribution in [0.4, 0.5) is 0 Å². The third kappa shape index (κ3) is 9.66. The van der Waals surface area contributed by atoms with Gasteiger partial charge in [-0.3, -0.25) is 24.0 Å². The van der Waals surface area contributed by atoms with Crippen molar-refractivity contribution >= 4 is 40.2 Å². The predicted octanol–water partition coefficient (Wildman–Crippen LogP) is 4.79. The lowest BCUT2D eigenvalue weighted by molar-refractivity contribution is -0.145. The highest BCUT2D eigenvalue weighted by Gasteiger charge is 2.38. The van der Waals surface area contributed by atoms with Gasteiger partial charge < -0.3 is 20.4 Å². The van der Waals surface area contributed by atoms with Crippen LogP contribution in [0, 0.1) is 11.8 Å². The third-order valence-electron chi connectivity index (χ3n) is 9.48. The number of nitrogens with one attached hydrogen (secondary N) is 2. The smallest absolute Gasteiger partial charge is 0.246 e. The Hall–Kier alpha value is -3.69. The number of para-hydroxylation sites is 1. The quantitative estimate of drug-likeness (QED) is 0.226. The van der Waals surface area contributed by atoms with Crippen molar-refractivity contribution in [1.82, 2.24) is 20.3 Å². The number of Topliss-reactive ketones (excluding diaryl/α,β-unsaturated/α-hetero) is 2. The molecule has 0 aliphatic carbocycles. The highest BCUT2D eigenvalue weighted by atomic mass is 16.6. The van der Waals surface area contributed by atoms with E-state index in [-0.39, 0.29) is 41.6 Å². The van der Waals surface area contributed by atoms with Gasteiger partial charge in [-0.1, -0.05) is 65.2 Å². The first-order chi connectivity index (χ1) is 22.0. The maximum Gasteiger partial charge on any atom is 0.246 e. The number of ketones is 2. The van der Waals surface area contributed by atoms with E-state index in [4.69, 9.17) is 4.84 Å². The lowest BCUT2D eigenvalue weighted by Crippen LogP contribution is -2.60. The molecule has 2 aromatic rings. The molecule has 5 atom stereocenters. The lowest BCUT2D eigenvalue weighted by atomic mass is 9.93. The van der Waals surface area contributed by atoms with Crippen LogP contribution in [0.15, 0.2) is 30.5 Å². The van der Waals surface area contributed by atoms with Crippen LogP contribution in [0.2, 0.25) is 0 Å². The molecular weight excluding hydrogens is 584 g/mol. The van der Waals surface area contributed by atoms with E-state index in [2.05, 4.69) is 10.6 Å². The summed E-state index contributed by atoms with van der Waals surface area (Å²) in [6.07, 6.45) is 9.20.